The number of nitrogens with one attached hydrogen (secondary N) is 1. The molecule has 2 aromatic rings. The Morgan fingerprint density at radius 2 is 2.16 bits per heavy atom. The normalized spacial score (nSPS) is 21.6. The molecule has 1 aliphatic rings. The average Bonchev–Trinajstić information content (AvgIpc) is 3.25. The lowest BCUT2D eigenvalue weighted by atomic mass is 9.90. The Kier molecular flexibility index (Phi) is 4.64. The molecule has 1 saturated heterocycles. The Labute approximate surface area is 147 Å². The van der Waals surface area contributed by atoms with Gasteiger partial charge < -0.3 is 9.84 Å². The van der Waals surface area contributed by atoms with Gasteiger partial charge in [-0.2, -0.15) is 10.1 Å². The molecule has 1 fully saturated rings. The third kappa shape index (κ3) is 3.73. The third-order valence-electron chi connectivity index (χ3n) is 4.61. The number of carbonyl (C=O) groups excluding carboxylic acids is 1. The van der Waals surface area contributed by atoms with Gasteiger partial charge in [-0.15, -0.1) is 0 Å². The Morgan fingerprint density at radius 3 is 2.72 bits per heavy atom. The molecule has 0 spiro atoms. The molecular weight excluding hydrogens is 320 g/mol. The molecule has 3 heterocycles. The Morgan fingerprint density at radius 1 is 1.40 bits per heavy atom. The summed E-state index contributed by atoms with van der Waals surface area (Å²) < 4.78 is 7.14. The lowest BCUT2D eigenvalue weighted by Gasteiger charge is -2.15. The maximum Gasteiger partial charge on any atom is 0.232 e. The van der Waals surface area contributed by atoms with Crippen LogP contribution in [0.25, 0.3) is 0 Å². The molecule has 0 bridgehead atoms. The monoisotopic (exact) mass is 346 g/mol. The van der Waals surface area contributed by atoms with E-state index in [0.29, 0.717) is 24.8 Å². The van der Waals surface area contributed by atoms with E-state index in [-0.39, 0.29) is 23.2 Å². The summed E-state index contributed by atoms with van der Waals surface area (Å²) >= 11 is 0. The van der Waals surface area contributed by atoms with Gasteiger partial charge in [0.1, 0.15) is 0 Å². The number of aryl methyl sites for hydroxylation is 1. The Bertz CT molecular complexity index is 744. The SMILES string of the molecule is CNC(=O)[C@H]1CN(Cc2noc(C(C)(C)C)n2)C[C@@H]1c1cnn(C)c1. The van der Waals surface area contributed by atoms with Gasteiger partial charge >= 0.3 is 0 Å². The van der Waals surface area contributed by atoms with Crippen LogP contribution in [-0.4, -0.2) is 50.9 Å². The van der Waals surface area contributed by atoms with E-state index in [0.717, 1.165) is 12.1 Å². The molecule has 0 radical (unpaired) electrons. The first kappa shape index (κ1) is 17.6. The zero-order valence-electron chi connectivity index (χ0n) is 15.5. The van der Waals surface area contributed by atoms with Gasteiger partial charge in [-0.25, -0.2) is 0 Å². The second-order valence-corrected chi connectivity index (χ2v) is 7.73. The largest absolute Gasteiger partial charge is 0.359 e. The van der Waals surface area contributed by atoms with Gasteiger partial charge in [0.15, 0.2) is 5.82 Å². The zero-order valence-corrected chi connectivity index (χ0v) is 15.5. The fourth-order valence-corrected chi connectivity index (χ4v) is 3.26. The van der Waals surface area contributed by atoms with E-state index in [1.54, 1.807) is 11.7 Å². The molecule has 25 heavy (non-hydrogen) atoms. The van der Waals surface area contributed by atoms with Gasteiger partial charge in [-0.3, -0.25) is 14.4 Å². The topological polar surface area (TPSA) is 89.1 Å². The molecule has 2 aromatic heterocycles. The van der Waals surface area contributed by atoms with Crippen molar-refractivity contribution in [3.05, 3.63) is 29.7 Å². The van der Waals surface area contributed by atoms with Crippen LogP contribution in [0.3, 0.4) is 0 Å². The second-order valence-electron chi connectivity index (χ2n) is 7.73. The van der Waals surface area contributed by atoms with E-state index < -0.39 is 0 Å². The van der Waals surface area contributed by atoms with Gasteiger partial charge in [0, 0.05) is 44.7 Å². The molecule has 0 aromatic carbocycles. The maximum atomic E-state index is 12.3. The highest BCUT2D eigenvalue weighted by Crippen LogP contribution is 2.33. The molecule has 1 amide bonds. The Hall–Kier alpha value is -2.22. The van der Waals surface area contributed by atoms with Crippen molar-refractivity contribution in [3.63, 3.8) is 0 Å². The number of nitrogens with zero attached hydrogens (tertiary/aromatic N) is 5. The van der Waals surface area contributed by atoms with Crippen LogP contribution in [0, 0.1) is 5.92 Å². The highest BCUT2D eigenvalue weighted by molar-refractivity contribution is 5.80. The van der Waals surface area contributed by atoms with E-state index in [1.165, 1.54) is 0 Å². The van der Waals surface area contributed by atoms with Gasteiger partial charge in [0.05, 0.1) is 18.7 Å². The third-order valence-corrected chi connectivity index (χ3v) is 4.61. The van der Waals surface area contributed by atoms with Crippen LogP contribution in [0.2, 0.25) is 0 Å². The molecule has 136 valence electrons. The summed E-state index contributed by atoms with van der Waals surface area (Å²) in [5, 5.41) is 11.1. The van der Waals surface area contributed by atoms with Crippen LogP contribution in [0.5, 0.6) is 0 Å². The van der Waals surface area contributed by atoms with Crippen molar-refractivity contribution in [2.45, 2.75) is 38.6 Å². The number of aromatic nitrogens is 4. The van der Waals surface area contributed by atoms with Crippen molar-refractivity contribution < 1.29 is 9.32 Å². The summed E-state index contributed by atoms with van der Waals surface area (Å²) in [4.78, 5) is 19.0. The highest BCUT2D eigenvalue weighted by atomic mass is 16.5. The maximum absolute atomic E-state index is 12.3. The van der Waals surface area contributed by atoms with Gasteiger partial charge in [-0.05, 0) is 5.56 Å². The van der Waals surface area contributed by atoms with E-state index in [2.05, 4.69) is 25.5 Å². The van der Waals surface area contributed by atoms with Crippen LogP contribution in [-0.2, 0) is 23.8 Å². The predicted octanol–water partition coefficient (Wildman–Crippen LogP) is 1.06. The zero-order chi connectivity index (χ0) is 18.2. The molecule has 0 unspecified atom stereocenters. The molecule has 3 rings (SSSR count). The highest BCUT2D eigenvalue weighted by Gasteiger charge is 2.39. The first-order valence-corrected chi connectivity index (χ1v) is 8.53. The van der Waals surface area contributed by atoms with E-state index in [4.69, 9.17) is 4.52 Å². The molecule has 1 aliphatic heterocycles. The molecule has 0 saturated carbocycles. The second kappa shape index (κ2) is 6.59. The van der Waals surface area contributed by atoms with E-state index >= 15 is 0 Å². The van der Waals surface area contributed by atoms with E-state index in [9.17, 15) is 4.79 Å². The summed E-state index contributed by atoms with van der Waals surface area (Å²) in [7, 11) is 3.57. The number of likely N-dealkylation sites (tertiary alicyclic amines) is 1. The summed E-state index contributed by atoms with van der Waals surface area (Å²) in [6.07, 6.45) is 3.83. The van der Waals surface area contributed by atoms with Crippen LogP contribution >= 0.6 is 0 Å². The summed E-state index contributed by atoms with van der Waals surface area (Å²) in [5.41, 5.74) is 0.918. The standard InChI is InChI=1S/C17H26N6O2/c1-17(2,3)16-20-14(21-25-16)10-23-8-12(11-6-19-22(5)7-11)13(9-23)15(24)18-4/h6-7,12-13H,8-10H2,1-5H3,(H,18,24)/t12-,13+/m1/s1. The lowest BCUT2D eigenvalue weighted by Crippen LogP contribution is -2.32. The van der Waals surface area contributed by atoms with Gasteiger partial charge in [-0.1, -0.05) is 25.9 Å². The number of rotatable bonds is 4. The molecule has 2 atom stereocenters. The molecule has 8 nitrogen and oxygen atoms in total. The minimum Gasteiger partial charge on any atom is -0.359 e. The summed E-state index contributed by atoms with van der Waals surface area (Å²) in [6, 6.07) is 0. The van der Waals surface area contributed by atoms with Crippen LogP contribution < -0.4 is 5.32 Å². The van der Waals surface area contributed by atoms with Gasteiger partial charge in [0.2, 0.25) is 11.8 Å². The molecule has 0 aliphatic carbocycles. The number of amides is 1. The molecular formula is C17H26N6O2. The predicted molar refractivity (Wildman–Crippen MR) is 91.8 cm³/mol. The van der Waals surface area contributed by atoms with Crippen molar-refractivity contribution >= 4 is 5.91 Å². The van der Waals surface area contributed by atoms with Crippen molar-refractivity contribution in [3.8, 4) is 0 Å². The first-order chi connectivity index (χ1) is 11.8. The van der Waals surface area contributed by atoms with E-state index in [1.807, 2.05) is 40.2 Å². The number of hydrogen-bond acceptors (Lipinski definition) is 6. The fourth-order valence-electron chi connectivity index (χ4n) is 3.26. The van der Waals surface area contributed by atoms with Crippen molar-refractivity contribution in [1.29, 1.82) is 0 Å². The minimum atomic E-state index is -0.168. The number of hydrogen-bond donors (Lipinski definition) is 1. The van der Waals surface area contributed by atoms with Gasteiger partial charge in [0.25, 0.3) is 0 Å². The smallest absolute Gasteiger partial charge is 0.232 e. The molecule has 8 heteroatoms. The van der Waals surface area contributed by atoms with Crippen LogP contribution in [0.4, 0.5) is 0 Å². The number of carbonyl (C=O) groups is 1. The fraction of sp³-hybridized carbons (Fsp3) is 0.647. The summed E-state index contributed by atoms with van der Waals surface area (Å²) in [5.74, 6) is 1.35. The summed E-state index contributed by atoms with van der Waals surface area (Å²) in [6.45, 7) is 8.13. The lowest BCUT2D eigenvalue weighted by molar-refractivity contribution is -0.124. The first-order valence-electron chi connectivity index (χ1n) is 8.53. The Balaban J connectivity index is 1.75. The van der Waals surface area contributed by atoms with Crippen molar-refractivity contribution in [2.75, 3.05) is 20.1 Å². The van der Waals surface area contributed by atoms with Crippen molar-refractivity contribution in [1.82, 2.24) is 30.1 Å². The average molecular weight is 346 g/mol. The van der Waals surface area contributed by atoms with Crippen LogP contribution in [0.15, 0.2) is 16.9 Å². The molecule has 1 N–H and O–H groups in total. The van der Waals surface area contributed by atoms with Crippen molar-refractivity contribution in [2.24, 2.45) is 13.0 Å². The van der Waals surface area contributed by atoms with Crippen LogP contribution in [0.1, 0.15) is 44.0 Å². The minimum absolute atomic E-state index is 0.0554. The quantitative estimate of drug-likeness (QED) is 0.890.